The molecule has 1 atom stereocenters. The van der Waals surface area contributed by atoms with Crippen LogP contribution >= 0.6 is 0 Å². The molecule has 0 saturated heterocycles. The maximum Gasteiger partial charge on any atom is 0.328 e. The van der Waals surface area contributed by atoms with Gasteiger partial charge < -0.3 is 5.11 Å². The molecule has 0 spiro atoms. The van der Waals surface area contributed by atoms with Gasteiger partial charge in [0.1, 0.15) is 6.04 Å². The lowest BCUT2D eigenvalue weighted by atomic mass is 10.1. The molecule has 1 aromatic carbocycles. The number of benzene rings is 1. The monoisotopic (exact) mass is 234 g/mol. The Hall–Kier alpha value is -2.14. The van der Waals surface area contributed by atoms with Crippen LogP contribution in [0.25, 0.3) is 0 Å². The lowest BCUT2D eigenvalue weighted by Crippen LogP contribution is -2.50. The van der Waals surface area contributed by atoms with E-state index < -0.39 is 17.9 Å². The molecule has 0 heterocycles. The van der Waals surface area contributed by atoms with Crippen molar-refractivity contribution >= 4 is 11.9 Å². The number of hydrogen-bond donors (Lipinski definition) is 2. The van der Waals surface area contributed by atoms with E-state index >= 15 is 0 Å². The Morgan fingerprint density at radius 1 is 1.41 bits per heavy atom. The fourth-order valence-corrected chi connectivity index (χ4v) is 1.40. The molecule has 90 valence electrons. The maximum atomic E-state index is 11.3. The number of carbonyl (C=O) groups excluding carboxylic acids is 1. The molecule has 0 radical (unpaired) electrons. The van der Waals surface area contributed by atoms with E-state index in [2.05, 4.69) is 6.58 Å². The molecule has 0 bridgehead atoms. The molecule has 0 aliphatic rings. The third-order valence-electron chi connectivity index (χ3n) is 2.32. The molecule has 3 N–H and O–H groups in total. The van der Waals surface area contributed by atoms with E-state index in [0.29, 0.717) is 5.01 Å². The predicted octanol–water partition coefficient (Wildman–Crippen LogP) is 0.571. The highest BCUT2D eigenvalue weighted by atomic mass is 16.4. The van der Waals surface area contributed by atoms with Gasteiger partial charge in [-0.2, -0.15) is 0 Å². The molecule has 5 heteroatoms. The summed E-state index contributed by atoms with van der Waals surface area (Å²) in [6.45, 7) is 3.27. The van der Waals surface area contributed by atoms with Gasteiger partial charge in [-0.3, -0.25) is 9.80 Å². The second-order valence-corrected chi connectivity index (χ2v) is 3.49. The third-order valence-corrected chi connectivity index (χ3v) is 2.32. The fraction of sp³-hybridized carbons (Fsp3) is 0.167. The highest BCUT2D eigenvalue weighted by Gasteiger charge is 2.26. The minimum Gasteiger partial charge on any atom is -0.480 e. The van der Waals surface area contributed by atoms with Gasteiger partial charge in [0, 0.05) is 6.42 Å². The summed E-state index contributed by atoms with van der Waals surface area (Å²) >= 11 is 0. The van der Waals surface area contributed by atoms with Crippen molar-refractivity contribution in [1.29, 1.82) is 0 Å². The Bertz CT molecular complexity index is 417. The number of rotatable bonds is 5. The standard InChI is InChI=1S/C12H14N2O3/c1-2-11(15)14(13)10(12(16)17)8-9-6-4-3-5-7-9/h2-7,10H,1,8,13H2,(H,16,17)/t10-/m0/s1. The summed E-state index contributed by atoms with van der Waals surface area (Å²) in [5.41, 5.74) is 0.798. The molecule has 1 amide bonds. The van der Waals surface area contributed by atoms with Crippen molar-refractivity contribution in [3.63, 3.8) is 0 Å². The zero-order chi connectivity index (χ0) is 12.8. The van der Waals surface area contributed by atoms with E-state index in [1.54, 1.807) is 24.3 Å². The van der Waals surface area contributed by atoms with Crippen molar-refractivity contribution in [3.05, 3.63) is 48.6 Å². The van der Waals surface area contributed by atoms with E-state index in [0.717, 1.165) is 11.6 Å². The summed E-state index contributed by atoms with van der Waals surface area (Å²) in [5, 5.41) is 9.72. The molecule has 0 aliphatic carbocycles. The molecule has 17 heavy (non-hydrogen) atoms. The molecule has 0 aromatic heterocycles. The lowest BCUT2D eigenvalue weighted by molar-refractivity contribution is -0.148. The number of carbonyl (C=O) groups is 2. The van der Waals surface area contributed by atoms with Crippen LogP contribution in [0.15, 0.2) is 43.0 Å². The van der Waals surface area contributed by atoms with Crippen molar-refractivity contribution in [2.24, 2.45) is 5.84 Å². The van der Waals surface area contributed by atoms with Crippen molar-refractivity contribution in [3.8, 4) is 0 Å². The van der Waals surface area contributed by atoms with Gasteiger partial charge in [0.2, 0.25) is 0 Å². The summed E-state index contributed by atoms with van der Waals surface area (Å²) in [4.78, 5) is 22.3. The van der Waals surface area contributed by atoms with Crippen LogP contribution in [0, 0.1) is 0 Å². The van der Waals surface area contributed by atoms with Crippen LogP contribution in [0.2, 0.25) is 0 Å². The molecule has 0 unspecified atom stereocenters. The van der Waals surface area contributed by atoms with Crippen LogP contribution < -0.4 is 5.84 Å². The summed E-state index contributed by atoms with van der Waals surface area (Å²) in [5.74, 6) is 3.69. The second kappa shape index (κ2) is 5.81. The lowest BCUT2D eigenvalue weighted by Gasteiger charge is -2.22. The average Bonchev–Trinajstić information content (AvgIpc) is 2.35. The number of hydrazine groups is 1. The highest BCUT2D eigenvalue weighted by molar-refractivity contribution is 5.90. The van der Waals surface area contributed by atoms with E-state index in [4.69, 9.17) is 10.9 Å². The van der Waals surface area contributed by atoms with Crippen molar-refractivity contribution in [2.45, 2.75) is 12.5 Å². The largest absolute Gasteiger partial charge is 0.480 e. The molecule has 0 saturated carbocycles. The summed E-state index contributed by atoms with van der Waals surface area (Å²) < 4.78 is 0. The van der Waals surface area contributed by atoms with E-state index in [1.165, 1.54) is 0 Å². The summed E-state index contributed by atoms with van der Waals surface area (Å²) in [6.07, 6.45) is 1.15. The number of hydrogen-bond acceptors (Lipinski definition) is 3. The van der Waals surface area contributed by atoms with Gasteiger partial charge in [0.25, 0.3) is 5.91 Å². The minimum absolute atomic E-state index is 0.159. The van der Waals surface area contributed by atoms with Crippen LogP contribution in [0.5, 0.6) is 0 Å². The predicted molar refractivity (Wildman–Crippen MR) is 62.8 cm³/mol. The third kappa shape index (κ3) is 3.42. The summed E-state index contributed by atoms with van der Waals surface area (Å²) in [7, 11) is 0. The number of amides is 1. The molecular weight excluding hydrogens is 220 g/mol. The zero-order valence-electron chi connectivity index (χ0n) is 9.24. The van der Waals surface area contributed by atoms with Gasteiger partial charge in [-0.15, -0.1) is 0 Å². The van der Waals surface area contributed by atoms with Gasteiger partial charge in [-0.1, -0.05) is 36.9 Å². The van der Waals surface area contributed by atoms with E-state index in [-0.39, 0.29) is 6.42 Å². The average molecular weight is 234 g/mol. The fourth-order valence-electron chi connectivity index (χ4n) is 1.40. The number of nitrogens with zero attached hydrogens (tertiary/aromatic N) is 1. The Morgan fingerprint density at radius 2 is 2.00 bits per heavy atom. The van der Waals surface area contributed by atoms with Gasteiger partial charge in [0.05, 0.1) is 0 Å². The molecule has 0 fully saturated rings. The second-order valence-electron chi connectivity index (χ2n) is 3.49. The normalized spacial score (nSPS) is 11.6. The van der Waals surface area contributed by atoms with Crippen LogP contribution in [0.4, 0.5) is 0 Å². The summed E-state index contributed by atoms with van der Waals surface area (Å²) in [6, 6.07) is 7.89. The van der Waals surface area contributed by atoms with Gasteiger partial charge in [-0.05, 0) is 11.6 Å². The molecular formula is C12H14N2O3. The Labute approximate surface area is 99.1 Å². The van der Waals surface area contributed by atoms with Gasteiger partial charge >= 0.3 is 5.97 Å². The van der Waals surface area contributed by atoms with Crippen LogP contribution in [-0.2, 0) is 16.0 Å². The van der Waals surface area contributed by atoms with Crippen LogP contribution in [-0.4, -0.2) is 28.0 Å². The van der Waals surface area contributed by atoms with Crippen LogP contribution in [0.3, 0.4) is 0 Å². The number of carboxylic acid groups (broad SMARTS) is 1. The van der Waals surface area contributed by atoms with Crippen molar-refractivity contribution in [2.75, 3.05) is 0 Å². The highest BCUT2D eigenvalue weighted by Crippen LogP contribution is 2.07. The topological polar surface area (TPSA) is 83.6 Å². The molecule has 1 rings (SSSR count). The number of carboxylic acids is 1. The van der Waals surface area contributed by atoms with E-state index in [1.807, 2.05) is 6.07 Å². The van der Waals surface area contributed by atoms with Gasteiger partial charge in [-0.25, -0.2) is 10.6 Å². The van der Waals surface area contributed by atoms with Gasteiger partial charge in [0.15, 0.2) is 0 Å². The Balaban J connectivity index is 2.84. The SMILES string of the molecule is C=CC(=O)N(N)[C@@H](Cc1ccccc1)C(=O)O. The first-order chi connectivity index (χ1) is 8.06. The minimum atomic E-state index is -1.15. The molecule has 5 nitrogen and oxygen atoms in total. The Morgan fingerprint density at radius 3 is 2.47 bits per heavy atom. The molecule has 1 aromatic rings. The zero-order valence-corrected chi connectivity index (χ0v) is 9.24. The van der Waals surface area contributed by atoms with Crippen molar-refractivity contribution < 1.29 is 14.7 Å². The first-order valence-corrected chi connectivity index (χ1v) is 5.03. The maximum absolute atomic E-state index is 11.3. The quantitative estimate of drug-likeness (QED) is 0.337. The van der Waals surface area contributed by atoms with E-state index in [9.17, 15) is 9.59 Å². The first-order valence-electron chi connectivity index (χ1n) is 5.03. The molecule has 0 aliphatic heterocycles. The smallest absolute Gasteiger partial charge is 0.328 e. The van der Waals surface area contributed by atoms with Crippen LogP contribution in [0.1, 0.15) is 5.56 Å². The number of aliphatic carboxylic acids is 1. The first kappa shape index (κ1) is 12.9. The number of nitrogens with two attached hydrogens (primary N) is 1. The van der Waals surface area contributed by atoms with Crippen molar-refractivity contribution in [1.82, 2.24) is 5.01 Å². The Kier molecular flexibility index (Phi) is 4.42.